The number of rotatable bonds is 4. The van der Waals surface area contributed by atoms with Gasteiger partial charge in [-0.2, -0.15) is 0 Å². The molecule has 4 N–H and O–H groups in total. The standard InChI is InChI=1S/C12H14FNO3.ClH/c13-7-4-8(10(14)3-6-1-2-6)11(15)9(5-7)12(16)17;/h4-6,10,15H,1-3,14H2,(H,16,17);1H/t10-;/m1./s1. The zero-order valence-corrected chi connectivity index (χ0v) is 10.4. The van der Waals surface area contributed by atoms with E-state index in [4.69, 9.17) is 10.8 Å². The van der Waals surface area contributed by atoms with Gasteiger partial charge in [-0.25, -0.2) is 9.18 Å². The molecule has 0 spiro atoms. The van der Waals surface area contributed by atoms with E-state index in [9.17, 15) is 14.3 Å². The smallest absolute Gasteiger partial charge is 0.339 e. The minimum absolute atomic E-state index is 0. The molecule has 0 heterocycles. The number of benzene rings is 1. The minimum atomic E-state index is -1.36. The van der Waals surface area contributed by atoms with Crippen LogP contribution in [0.5, 0.6) is 5.75 Å². The molecule has 18 heavy (non-hydrogen) atoms. The summed E-state index contributed by atoms with van der Waals surface area (Å²) in [6, 6.07) is 1.39. The third-order valence-corrected chi connectivity index (χ3v) is 3.02. The van der Waals surface area contributed by atoms with E-state index in [2.05, 4.69) is 0 Å². The van der Waals surface area contributed by atoms with E-state index in [0.29, 0.717) is 12.3 Å². The number of aromatic hydroxyl groups is 1. The first-order valence-corrected chi connectivity index (χ1v) is 5.50. The van der Waals surface area contributed by atoms with E-state index in [-0.39, 0.29) is 18.0 Å². The molecule has 0 amide bonds. The van der Waals surface area contributed by atoms with Gasteiger partial charge in [-0.15, -0.1) is 12.4 Å². The Morgan fingerprint density at radius 2 is 2.11 bits per heavy atom. The van der Waals surface area contributed by atoms with Crippen molar-refractivity contribution in [1.29, 1.82) is 0 Å². The van der Waals surface area contributed by atoms with E-state index in [0.717, 1.165) is 25.0 Å². The molecule has 1 atom stereocenters. The van der Waals surface area contributed by atoms with Gasteiger partial charge in [-0.05, 0) is 24.5 Å². The van der Waals surface area contributed by atoms with Gasteiger partial charge in [0.1, 0.15) is 17.1 Å². The molecule has 1 aromatic carbocycles. The quantitative estimate of drug-likeness (QED) is 0.788. The predicted molar refractivity (Wildman–Crippen MR) is 66.5 cm³/mol. The summed E-state index contributed by atoms with van der Waals surface area (Å²) >= 11 is 0. The summed E-state index contributed by atoms with van der Waals surface area (Å²) in [5.41, 5.74) is 5.59. The van der Waals surface area contributed by atoms with E-state index < -0.39 is 29.1 Å². The van der Waals surface area contributed by atoms with Crippen LogP contribution in [0.3, 0.4) is 0 Å². The van der Waals surface area contributed by atoms with Gasteiger partial charge in [0.25, 0.3) is 0 Å². The lowest BCUT2D eigenvalue weighted by molar-refractivity contribution is 0.0693. The SMILES string of the molecule is Cl.N[C@H](CC1CC1)c1cc(F)cc(C(=O)O)c1O. The van der Waals surface area contributed by atoms with E-state index in [1.807, 2.05) is 0 Å². The van der Waals surface area contributed by atoms with Crippen molar-refractivity contribution >= 4 is 18.4 Å². The van der Waals surface area contributed by atoms with Crippen LogP contribution in [0.15, 0.2) is 12.1 Å². The van der Waals surface area contributed by atoms with E-state index in [1.54, 1.807) is 0 Å². The summed E-state index contributed by atoms with van der Waals surface area (Å²) in [5.74, 6) is -1.96. The van der Waals surface area contributed by atoms with Crippen LogP contribution < -0.4 is 5.73 Å². The molecule has 0 unspecified atom stereocenters. The fourth-order valence-corrected chi connectivity index (χ4v) is 1.91. The molecule has 6 heteroatoms. The average Bonchev–Trinajstić information content (AvgIpc) is 3.04. The largest absolute Gasteiger partial charge is 0.507 e. The minimum Gasteiger partial charge on any atom is -0.507 e. The lowest BCUT2D eigenvalue weighted by Gasteiger charge is -2.14. The first-order chi connectivity index (χ1) is 7.99. The number of hydrogen-bond donors (Lipinski definition) is 3. The molecular weight excluding hydrogens is 261 g/mol. The fraction of sp³-hybridized carbons (Fsp3) is 0.417. The molecule has 1 aliphatic carbocycles. The number of nitrogens with two attached hydrogens (primary N) is 1. The number of aromatic carboxylic acids is 1. The lowest BCUT2D eigenvalue weighted by Crippen LogP contribution is -2.13. The molecule has 100 valence electrons. The maximum absolute atomic E-state index is 13.3. The van der Waals surface area contributed by atoms with Crippen LogP contribution >= 0.6 is 12.4 Å². The zero-order valence-electron chi connectivity index (χ0n) is 9.60. The normalized spacial score (nSPS) is 15.9. The highest BCUT2D eigenvalue weighted by molar-refractivity contribution is 5.91. The first kappa shape index (κ1) is 14.7. The number of carbonyl (C=O) groups is 1. The van der Waals surface area contributed by atoms with Gasteiger partial charge in [0.05, 0.1) is 0 Å². The third-order valence-electron chi connectivity index (χ3n) is 3.02. The molecule has 1 aliphatic rings. The van der Waals surface area contributed by atoms with E-state index >= 15 is 0 Å². The third kappa shape index (κ3) is 3.11. The topological polar surface area (TPSA) is 83.6 Å². The highest BCUT2D eigenvalue weighted by Crippen LogP contribution is 2.39. The number of halogens is 2. The zero-order chi connectivity index (χ0) is 12.6. The lowest BCUT2D eigenvalue weighted by atomic mass is 9.98. The summed E-state index contributed by atoms with van der Waals surface area (Å²) < 4.78 is 13.3. The van der Waals surface area contributed by atoms with Crippen LogP contribution in [0.25, 0.3) is 0 Å². The fourth-order valence-electron chi connectivity index (χ4n) is 1.91. The first-order valence-electron chi connectivity index (χ1n) is 5.50. The molecule has 1 aromatic rings. The van der Waals surface area contributed by atoms with Gasteiger partial charge >= 0.3 is 5.97 Å². The van der Waals surface area contributed by atoms with Gasteiger partial charge in [0, 0.05) is 11.6 Å². The second-order valence-corrected chi connectivity index (χ2v) is 4.48. The molecule has 0 aliphatic heterocycles. The maximum Gasteiger partial charge on any atom is 0.339 e. The molecule has 0 saturated heterocycles. The predicted octanol–water partition coefficient (Wildman–Crippen LogP) is 2.45. The molecule has 0 bridgehead atoms. The number of carboxylic acids is 1. The van der Waals surface area contributed by atoms with Gasteiger partial charge in [-0.3, -0.25) is 0 Å². The van der Waals surface area contributed by atoms with Crippen LogP contribution in [-0.2, 0) is 0 Å². The molecular formula is C12H15ClFNO3. The van der Waals surface area contributed by atoms with Gasteiger partial charge in [0.2, 0.25) is 0 Å². The van der Waals surface area contributed by atoms with E-state index in [1.165, 1.54) is 0 Å². The second kappa shape index (κ2) is 5.54. The van der Waals surface area contributed by atoms with Crippen molar-refractivity contribution in [3.63, 3.8) is 0 Å². The van der Waals surface area contributed by atoms with Crippen LogP contribution in [0, 0.1) is 11.7 Å². The Hall–Kier alpha value is -1.33. The Kier molecular flexibility index (Phi) is 4.53. The molecule has 4 nitrogen and oxygen atoms in total. The van der Waals surface area contributed by atoms with Crippen LogP contribution in [0.1, 0.15) is 41.2 Å². The molecule has 1 saturated carbocycles. The highest BCUT2D eigenvalue weighted by Gasteiger charge is 2.27. The summed E-state index contributed by atoms with van der Waals surface area (Å²) in [5, 5.41) is 18.6. The number of phenols is 1. The Labute approximate surface area is 110 Å². The maximum atomic E-state index is 13.3. The molecule has 0 aromatic heterocycles. The van der Waals surface area contributed by atoms with Crippen LogP contribution in [-0.4, -0.2) is 16.2 Å². The average molecular weight is 276 g/mol. The number of carboxylic acid groups (broad SMARTS) is 1. The molecule has 1 fully saturated rings. The van der Waals surface area contributed by atoms with Crippen molar-refractivity contribution in [3.05, 3.63) is 29.1 Å². The second-order valence-electron chi connectivity index (χ2n) is 4.48. The number of hydrogen-bond acceptors (Lipinski definition) is 3. The Bertz CT molecular complexity index is 463. The molecule has 0 radical (unpaired) electrons. The Balaban J connectivity index is 0.00000162. The van der Waals surface area contributed by atoms with Crippen molar-refractivity contribution in [2.75, 3.05) is 0 Å². The summed E-state index contributed by atoms with van der Waals surface area (Å²) in [4.78, 5) is 10.8. The van der Waals surface area contributed by atoms with Crippen LogP contribution in [0.4, 0.5) is 4.39 Å². The van der Waals surface area contributed by atoms with Crippen molar-refractivity contribution in [1.82, 2.24) is 0 Å². The van der Waals surface area contributed by atoms with Gasteiger partial charge in [-0.1, -0.05) is 12.8 Å². The summed E-state index contributed by atoms with van der Waals surface area (Å²) in [6.45, 7) is 0. The molecule has 2 rings (SSSR count). The Morgan fingerprint density at radius 3 is 2.61 bits per heavy atom. The van der Waals surface area contributed by atoms with Gasteiger partial charge < -0.3 is 15.9 Å². The summed E-state index contributed by atoms with van der Waals surface area (Å²) in [6.07, 6.45) is 2.83. The Morgan fingerprint density at radius 1 is 1.50 bits per heavy atom. The van der Waals surface area contributed by atoms with Crippen molar-refractivity contribution in [2.24, 2.45) is 11.7 Å². The van der Waals surface area contributed by atoms with Crippen molar-refractivity contribution < 1.29 is 19.4 Å². The monoisotopic (exact) mass is 275 g/mol. The highest BCUT2D eigenvalue weighted by atomic mass is 35.5. The van der Waals surface area contributed by atoms with Crippen LogP contribution in [0.2, 0.25) is 0 Å². The van der Waals surface area contributed by atoms with Gasteiger partial charge in [0.15, 0.2) is 0 Å². The summed E-state index contributed by atoms with van der Waals surface area (Å²) in [7, 11) is 0. The van der Waals surface area contributed by atoms with Crippen molar-refractivity contribution in [2.45, 2.75) is 25.3 Å². The van der Waals surface area contributed by atoms with Crippen molar-refractivity contribution in [3.8, 4) is 5.75 Å².